The Bertz CT molecular complexity index is 264. The van der Waals surface area contributed by atoms with E-state index in [-0.39, 0.29) is 6.04 Å². The minimum Gasteiger partial charge on any atom is -0.304 e. The van der Waals surface area contributed by atoms with Crippen LogP contribution in [0, 0.1) is 11.8 Å². The molecule has 1 heterocycles. The van der Waals surface area contributed by atoms with Gasteiger partial charge in [0.2, 0.25) is 0 Å². The van der Waals surface area contributed by atoms with Crippen LogP contribution in [0.15, 0.2) is 0 Å². The van der Waals surface area contributed by atoms with E-state index in [0.29, 0.717) is 17.7 Å². The van der Waals surface area contributed by atoms with Gasteiger partial charge in [-0.05, 0) is 37.5 Å². The third-order valence-corrected chi connectivity index (χ3v) is 4.79. The molecule has 0 spiro atoms. The molecule has 2 aliphatic rings. The van der Waals surface area contributed by atoms with Crippen molar-refractivity contribution in [3.63, 3.8) is 0 Å². The fourth-order valence-electron chi connectivity index (χ4n) is 3.38. The van der Waals surface area contributed by atoms with Gasteiger partial charge in [-0.3, -0.25) is 4.79 Å². The van der Waals surface area contributed by atoms with Gasteiger partial charge in [-0.25, -0.2) is 0 Å². The molecule has 2 heteroatoms. The van der Waals surface area contributed by atoms with Crippen molar-refractivity contribution >= 4 is 5.78 Å². The Hall–Kier alpha value is -0.370. The van der Waals surface area contributed by atoms with Crippen LogP contribution in [-0.4, -0.2) is 17.9 Å². The lowest BCUT2D eigenvalue weighted by molar-refractivity contribution is -0.123. The number of nitrogens with one attached hydrogen (secondary N) is 1. The molecular formula is C15H27NO. The van der Waals surface area contributed by atoms with Crippen molar-refractivity contribution in [2.75, 3.05) is 0 Å². The summed E-state index contributed by atoms with van der Waals surface area (Å²) in [6, 6.07) is 0.812. The highest BCUT2D eigenvalue weighted by Gasteiger charge is 2.34. The predicted octanol–water partition coefficient (Wildman–Crippen LogP) is 3.30. The molecule has 1 N–H and O–H groups in total. The van der Waals surface area contributed by atoms with Crippen LogP contribution in [0.2, 0.25) is 0 Å². The highest BCUT2D eigenvalue weighted by Crippen LogP contribution is 2.32. The number of hydrogen-bond acceptors (Lipinski definition) is 2. The van der Waals surface area contributed by atoms with Crippen LogP contribution < -0.4 is 5.32 Å². The summed E-state index contributed by atoms with van der Waals surface area (Å²) < 4.78 is 0. The quantitative estimate of drug-likeness (QED) is 0.813. The van der Waals surface area contributed by atoms with Crippen LogP contribution in [0.1, 0.15) is 65.2 Å². The highest BCUT2D eigenvalue weighted by molar-refractivity contribution is 5.84. The fraction of sp³-hybridized carbons (Fsp3) is 0.933. The Kier molecular flexibility index (Phi) is 4.61. The van der Waals surface area contributed by atoms with E-state index in [9.17, 15) is 4.79 Å². The van der Waals surface area contributed by atoms with Crippen LogP contribution in [0.3, 0.4) is 0 Å². The second kappa shape index (κ2) is 5.99. The van der Waals surface area contributed by atoms with E-state index in [0.717, 1.165) is 25.2 Å². The van der Waals surface area contributed by atoms with Gasteiger partial charge in [-0.1, -0.05) is 33.1 Å². The largest absolute Gasteiger partial charge is 0.304 e. The molecular weight excluding hydrogens is 210 g/mol. The maximum Gasteiger partial charge on any atom is 0.150 e. The zero-order chi connectivity index (χ0) is 12.3. The van der Waals surface area contributed by atoms with Crippen molar-refractivity contribution in [2.45, 2.75) is 77.3 Å². The first-order valence-corrected chi connectivity index (χ1v) is 7.49. The SMILES string of the molecule is CCC(C)CC(=O)C1CCC2CCCCC2N1. The van der Waals surface area contributed by atoms with E-state index < -0.39 is 0 Å². The molecule has 1 aliphatic carbocycles. The summed E-state index contributed by atoms with van der Waals surface area (Å²) in [6.45, 7) is 4.35. The lowest BCUT2D eigenvalue weighted by atomic mass is 9.76. The summed E-state index contributed by atoms with van der Waals surface area (Å²) in [6.07, 6.45) is 9.65. The third kappa shape index (κ3) is 3.31. The van der Waals surface area contributed by atoms with Gasteiger partial charge in [0.15, 0.2) is 0 Å². The van der Waals surface area contributed by atoms with Crippen molar-refractivity contribution in [3.05, 3.63) is 0 Å². The predicted molar refractivity (Wildman–Crippen MR) is 71.0 cm³/mol. The number of fused-ring (bicyclic) bond motifs is 1. The summed E-state index contributed by atoms with van der Waals surface area (Å²) in [5.41, 5.74) is 0. The molecule has 0 bridgehead atoms. The van der Waals surface area contributed by atoms with E-state index in [4.69, 9.17) is 0 Å². The van der Waals surface area contributed by atoms with Crippen molar-refractivity contribution in [1.29, 1.82) is 0 Å². The monoisotopic (exact) mass is 237 g/mol. The standard InChI is InChI=1S/C15H27NO/c1-3-11(2)10-15(17)14-9-8-12-6-4-5-7-13(12)16-14/h11-14,16H,3-10H2,1-2H3. The number of piperidine rings is 1. The fourth-order valence-corrected chi connectivity index (χ4v) is 3.38. The molecule has 1 saturated carbocycles. The molecule has 1 aliphatic heterocycles. The molecule has 98 valence electrons. The molecule has 1 saturated heterocycles. The summed E-state index contributed by atoms with van der Waals surface area (Å²) in [5.74, 6) is 1.87. The Labute approximate surface area is 106 Å². The lowest BCUT2D eigenvalue weighted by Crippen LogP contribution is -2.52. The average molecular weight is 237 g/mol. The molecule has 0 aromatic heterocycles. The van der Waals surface area contributed by atoms with Crippen molar-refractivity contribution in [2.24, 2.45) is 11.8 Å². The first kappa shape index (κ1) is 13.1. The average Bonchev–Trinajstić information content (AvgIpc) is 2.38. The number of Topliss-reactive ketones (excluding diaryl/α,β-unsaturated/α-hetero) is 1. The minimum atomic E-state index is 0.170. The maximum absolute atomic E-state index is 12.2. The van der Waals surface area contributed by atoms with E-state index in [2.05, 4.69) is 19.2 Å². The van der Waals surface area contributed by atoms with Gasteiger partial charge in [0.25, 0.3) is 0 Å². The highest BCUT2D eigenvalue weighted by atomic mass is 16.1. The van der Waals surface area contributed by atoms with Gasteiger partial charge < -0.3 is 5.32 Å². The molecule has 2 nitrogen and oxygen atoms in total. The summed E-state index contributed by atoms with van der Waals surface area (Å²) >= 11 is 0. The van der Waals surface area contributed by atoms with Gasteiger partial charge >= 0.3 is 0 Å². The third-order valence-electron chi connectivity index (χ3n) is 4.79. The summed E-state index contributed by atoms with van der Waals surface area (Å²) in [7, 11) is 0. The normalized spacial score (nSPS) is 35.1. The number of ketones is 1. The summed E-state index contributed by atoms with van der Waals surface area (Å²) in [5, 5.41) is 3.64. The molecule has 0 amide bonds. The minimum absolute atomic E-state index is 0.170. The number of carbonyl (C=O) groups is 1. The second-order valence-corrected chi connectivity index (χ2v) is 6.13. The Balaban J connectivity index is 1.84. The second-order valence-electron chi connectivity index (χ2n) is 6.13. The Morgan fingerprint density at radius 3 is 2.76 bits per heavy atom. The lowest BCUT2D eigenvalue weighted by Gasteiger charge is -2.40. The molecule has 2 rings (SSSR count). The molecule has 0 aromatic carbocycles. The van der Waals surface area contributed by atoms with Crippen molar-refractivity contribution in [3.8, 4) is 0 Å². The van der Waals surface area contributed by atoms with E-state index in [1.807, 2.05) is 0 Å². The molecule has 4 unspecified atom stereocenters. The summed E-state index contributed by atoms with van der Waals surface area (Å²) in [4.78, 5) is 12.2. The van der Waals surface area contributed by atoms with Crippen LogP contribution in [0.4, 0.5) is 0 Å². The zero-order valence-corrected chi connectivity index (χ0v) is 11.4. The number of carbonyl (C=O) groups excluding carboxylic acids is 1. The van der Waals surface area contributed by atoms with Gasteiger partial charge in [-0.2, -0.15) is 0 Å². The van der Waals surface area contributed by atoms with E-state index in [1.165, 1.54) is 32.1 Å². The van der Waals surface area contributed by atoms with Crippen LogP contribution in [0.25, 0.3) is 0 Å². The van der Waals surface area contributed by atoms with E-state index in [1.54, 1.807) is 0 Å². The number of hydrogen-bond donors (Lipinski definition) is 1. The Morgan fingerprint density at radius 2 is 2.00 bits per heavy atom. The maximum atomic E-state index is 12.2. The van der Waals surface area contributed by atoms with Crippen molar-refractivity contribution in [1.82, 2.24) is 5.32 Å². The molecule has 2 fully saturated rings. The van der Waals surface area contributed by atoms with Gasteiger partial charge in [0.05, 0.1) is 6.04 Å². The van der Waals surface area contributed by atoms with Crippen molar-refractivity contribution < 1.29 is 4.79 Å². The molecule has 0 aromatic rings. The van der Waals surface area contributed by atoms with Gasteiger partial charge in [0, 0.05) is 12.5 Å². The van der Waals surface area contributed by atoms with Gasteiger partial charge in [-0.15, -0.1) is 0 Å². The molecule has 4 atom stereocenters. The van der Waals surface area contributed by atoms with Gasteiger partial charge in [0.1, 0.15) is 5.78 Å². The number of rotatable bonds is 4. The first-order valence-electron chi connectivity index (χ1n) is 7.49. The van der Waals surface area contributed by atoms with Crippen LogP contribution in [-0.2, 0) is 4.79 Å². The van der Waals surface area contributed by atoms with E-state index >= 15 is 0 Å². The first-order chi connectivity index (χ1) is 8.20. The Morgan fingerprint density at radius 1 is 1.24 bits per heavy atom. The van der Waals surface area contributed by atoms with Crippen LogP contribution >= 0.6 is 0 Å². The van der Waals surface area contributed by atoms with Crippen LogP contribution in [0.5, 0.6) is 0 Å². The zero-order valence-electron chi connectivity index (χ0n) is 11.4. The molecule has 17 heavy (non-hydrogen) atoms. The smallest absolute Gasteiger partial charge is 0.150 e. The topological polar surface area (TPSA) is 29.1 Å². The molecule has 0 radical (unpaired) electrons.